The molecule has 0 saturated carbocycles. The van der Waals surface area contributed by atoms with Crippen LogP contribution in [0.4, 0.5) is 0 Å². The van der Waals surface area contributed by atoms with Gasteiger partial charge in [-0.3, -0.25) is 0 Å². The second-order valence-electron chi connectivity index (χ2n) is 4.11. The third-order valence-electron chi connectivity index (χ3n) is 2.25. The Morgan fingerprint density at radius 1 is 1.35 bits per heavy atom. The van der Waals surface area contributed by atoms with Crippen molar-refractivity contribution in [3.05, 3.63) is 29.3 Å². The van der Waals surface area contributed by atoms with Crippen LogP contribution in [-0.2, 0) is 4.74 Å². The molecule has 3 nitrogen and oxygen atoms in total. The fourth-order valence-corrected chi connectivity index (χ4v) is 1.53. The van der Waals surface area contributed by atoms with Gasteiger partial charge in [-0.05, 0) is 44.5 Å². The van der Waals surface area contributed by atoms with E-state index in [1.165, 1.54) is 0 Å². The molecule has 4 heteroatoms. The Kier molecular flexibility index (Phi) is 5.38. The maximum absolute atomic E-state index is 5.61. The zero-order valence-corrected chi connectivity index (χ0v) is 11.3. The number of benzene rings is 1. The van der Waals surface area contributed by atoms with Crippen molar-refractivity contribution in [3.63, 3.8) is 0 Å². The van der Waals surface area contributed by atoms with E-state index in [0.29, 0.717) is 18.2 Å². The summed E-state index contributed by atoms with van der Waals surface area (Å²) in [6.45, 7) is 7.12. The lowest BCUT2D eigenvalue weighted by Crippen LogP contribution is -2.12. The molecule has 0 bridgehead atoms. The zero-order valence-electron chi connectivity index (χ0n) is 10.5. The predicted molar refractivity (Wildman–Crippen MR) is 73.6 cm³/mol. The van der Waals surface area contributed by atoms with Gasteiger partial charge < -0.3 is 15.2 Å². The summed E-state index contributed by atoms with van der Waals surface area (Å²) in [6, 6.07) is 5.69. The first-order chi connectivity index (χ1) is 8.00. The van der Waals surface area contributed by atoms with Crippen LogP contribution in [0, 0.1) is 6.92 Å². The molecule has 0 aliphatic carbocycles. The van der Waals surface area contributed by atoms with Crippen molar-refractivity contribution in [1.29, 1.82) is 0 Å². The summed E-state index contributed by atoms with van der Waals surface area (Å²) < 4.78 is 11.0. The van der Waals surface area contributed by atoms with Gasteiger partial charge in [0.1, 0.15) is 17.3 Å². The van der Waals surface area contributed by atoms with Gasteiger partial charge in [0.25, 0.3) is 0 Å². The van der Waals surface area contributed by atoms with Gasteiger partial charge in [0.15, 0.2) is 0 Å². The monoisotopic (exact) mass is 253 g/mol. The van der Waals surface area contributed by atoms with Gasteiger partial charge in [-0.1, -0.05) is 12.2 Å². The first-order valence-corrected chi connectivity index (χ1v) is 6.06. The van der Waals surface area contributed by atoms with Crippen LogP contribution >= 0.6 is 12.2 Å². The largest absolute Gasteiger partial charge is 0.491 e. The number of hydrogen-bond donors (Lipinski definition) is 1. The van der Waals surface area contributed by atoms with Crippen molar-refractivity contribution in [3.8, 4) is 5.75 Å². The van der Waals surface area contributed by atoms with Crippen LogP contribution < -0.4 is 10.5 Å². The highest BCUT2D eigenvalue weighted by Gasteiger charge is 2.03. The van der Waals surface area contributed by atoms with Gasteiger partial charge in [0, 0.05) is 5.56 Å². The van der Waals surface area contributed by atoms with E-state index in [1.807, 2.05) is 39.0 Å². The van der Waals surface area contributed by atoms with E-state index in [1.54, 1.807) is 0 Å². The highest BCUT2D eigenvalue weighted by atomic mass is 32.1. The highest BCUT2D eigenvalue weighted by Crippen LogP contribution is 2.19. The molecular formula is C13H19NO2S. The van der Waals surface area contributed by atoms with E-state index in [2.05, 4.69) is 0 Å². The number of nitrogens with two attached hydrogens (primary N) is 1. The minimum Gasteiger partial charge on any atom is -0.491 e. The van der Waals surface area contributed by atoms with Crippen molar-refractivity contribution >= 4 is 17.2 Å². The molecule has 0 unspecified atom stereocenters. The molecule has 0 aromatic heterocycles. The molecule has 0 saturated heterocycles. The smallest absolute Gasteiger partial charge is 0.122 e. The molecule has 0 atom stereocenters. The summed E-state index contributed by atoms with van der Waals surface area (Å²) >= 11 is 4.92. The average Bonchev–Trinajstić information content (AvgIpc) is 2.25. The molecule has 17 heavy (non-hydrogen) atoms. The average molecular weight is 253 g/mol. The minimum absolute atomic E-state index is 0.233. The normalized spacial score (nSPS) is 10.6. The van der Waals surface area contributed by atoms with E-state index < -0.39 is 0 Å². The van der Waals surface area contributed by atoms with E-state index in [0.717, 1.165) is 16.9 Å². The summed E-state index contributed by atoms with van der Waals surface area (Å²) in [4.78, 5) is 0.405. The maximum Gasteiger partial charge on any atom is 0.122 e. The molecule has 0 heterocycles. The molecule has 0 aliphatic rings. The topological polar surface area (TPSA) is 44.5 Å². The molecule has 1 aromatic rings. The quantitative estimate of drug-likeness (QED) is 0.624. The summed E-state index contributed by atoms with van der Waals surface area (Å²) in [6.07, 6.45) is 0.233. The lowest BCUT2D eigenvalue weighted by Gasteiger charge is -2.11. The van der Waals surface area contributed by atoms with Crippen LogP contribution in [0.25, 0.3) is 0 Å². The number of ether oxygens (including phenoxy) is 2. The highest BCUT2D eigenvalue weighted by molar-refractivity contribution is 7.80. The van der Waals surface area contributed by atoms with Crippen LogP contribution in [0.2, 0.25) is 0 Å². The number of rotatable bonds is 6. The molecular weight excluding hydrogens is 234 g/mol. The first-order valence-electron chi connectivity index (χ1n) is 5.65. The number of hydrogen-bond acceptors (Lipinski definition) is 3. The Hall–Kier alpha value is -1.13. The van der Waals surface area contributed by atoms with Gasteiger partial charge >= 0.3 is 0 Å². The molecule has 2 N–H and O–H groups in total. The lowest BCUT2D eigenvalue weighted by molar-refractivity contribution is 0.0551. The van der Waals surface area contributed by atoms with Gasteiger partial charge in [0.05, 0.1) is 12.7 Å². The van der Waals surface area contributed by atoms with Crippen LogP contribution in [0.15, 0.2) is 18.2 Å². The third kappa shape index (κ3) is 4.71. The van der Waals surface area contributed by atoms with Gasteiger partial charge in [-0.2, -0.15) is 0 Å². The van der Waals surface area contributed by atoms with Crippen LogP contribution in [0.5, 0.6) is 5.75 Å². The summed E-state index contributed by atoms with van der Waals surface area (Å²) in [5.41, 5.74) is 7.45. The Morgan fingerprint density at radius 3 is 2.59 bits per heavy atom. The van der Waals surface area contributed by atoms with Crippen LogP contribution in [0.3, 0.4) is 0 Å². The Morgan fingerprint density at radius 2 is 2.06 bits per heavy atom. The standard InChI is InChI=1S/C13H19NO2S/c1-9(2)15-6-7-16-12-5-4-11(13(14)17)8-10(12)3/h4-5,8-9H,6-7H2,1-3H3,(H2,14,17). The van der Waals surface area contributed by atoms with Gasteiger partial charge in [0.2, 0.25) is 0 Å². The number of thiocarbonyl (C=S) groups is 1. The second kappa shape index (κ2) is 6.57. The second-order valence-corrected chi connectivity index (χ2v) is 4.55. The van der Waals surface area contributed by atoms with Crippen molar-refractivity contribution < 1.29 is 9.47 Å². The minimum atomic E-state index is 0.233. The van der Waals surface area contributed by atoms with Crippen molar-refractivity contribution in [2.24, 2.45) is 5.73 Å². The van der Waals surface area contributed by atoms with E-state index >= 15 is 0 Å². The van der Waals surface area contributed by atoms with Crippen molar-refractivity contribution in [2.45, 2.75) is 26.9 Å². The van der Waals surface area contributed by atoms with Gasteiger partial charge in [-0.25, -0.2) is 0 Å². The van der Waals surface area contributed by atoms with E-state index in [9.17, 15) is 0 Å². The summed E-state index contributed by atoms with van der Waals surface area (Å²) in [5, 5.41) is 0. The fraction of sp³-hybridized carbons (Fsp3) is 0.462. The Bertz CT molecular complexity index is 391. The Labute approximate surface area is 108 Å². The molecule has 0 fully saturated rings. The fourth-order valence-electron chi connectivity index (χ4n) is 1.40. The van der Waals surface area contributed by atoms with Crippen molar-refractivity contribution in [1.82, 2.24) is 0 Å². The first kappa shape index (κ1) is 13.9. The molecule has 1 aromatic carbocycles. The molecule has 94 valence electrons. The molecule has 0 aliphatic heterocycles. The molecule has 0 amide bonds. The lowest BCUT2D eigenvalue weighted by atomic mass is 10.1. The predicted octanol–water partition coefficient (Wildman–Crippen LogP) is 2.43. The SMILES string of the molecule is Cc1cc(C(N)=S)ccc1OCCOC(C)C. The van der Waals surface area contributed by atoms with Crippen LogP contribution in [-0.4, -0.2) is 24.3 Å². The zero-order chi connectivity index (χ0) is 12.8. The molecule has 0 radical (unpaired) electrons. The Balaban J connectivity index is 2.52. The van der Waals surface area contributed by atoms with Gasteiger partial charge in [-0.15, -0.1) is 0 Å². The summed E-state index contributed by atoms with van der Waals surface area (Å²) in [7, 11) is 0. The summed E-state index contributed by atoms with van der Waals surface area (Å²) in [5.74, 6) is 0.845. The maximum atomic E-state index is 5.61. The molecule has 0 spiro atoms. The van der Waals surface area contributed by atoms with Crippen LogP contribution in [0.1, 0.15) is 25.0 Å². The number of aryl methyl sites for hydroxylation is 1. The molecule has 1 rings (SSSR count). The third-order valence-corrected chi connectivity index (χ3v) is 2.49. The van der Waals surface area contributed by atoms with E-state index in [-0.39, 0.29) is 6.10 Å². The van der Waals surface area contributed by atoms with E-state index in [4.69, 9.17) is 27.4 Å². The van der Waals surface area contributed by atoms with Crippen molar-refractivity contribution in [2.75, 3.05) is 13.2 Å².